The predicted molar refractivity (Wildman–Crippen MR) is 90.3 cm³/mol. The Hall–Kier alpha value is -3.23. The predicted octanol–water partition coefficient (Wildman–Crippen LogP) is 2.10. The minimum absolute atomic E-state index is 0.334. The molecule has 0 fully saturated rings. The Morgan fingerprint density at radius 2 is 2.04 bits per heavy atom. The van der Waals surface area contributed by atoms with Crippen LogP contribution in [0, 0.1) is 0 Å². The van der Waals surface area contributed by atoms with E-state index in [4.69, 9.17) is 4.52 Å². The van der Waals surface area contributed by atoms with Gasteiger partial charge in [0, 0.05) is 30.9 Å². The summed E-state index contributed by atoms with van der Waals surface area (Å²) in [6, 6.07) is 1.39. The molecule has 9 heteroatoms. The number of hydrogen-bond donors (Lipinski definition) is 2. The van der Waals surface area contributed by atoms with Gasteiger partial charge >= 0.3 is 6.03 Å². The number of carbonyl (C=O) groups excluding carboxylic acids is 1. The van der Waals surface area contributed by atoms with Crippen molar-refractivity contribution in [1.29, 1.82) is 0 Å². The average Bonchev–Trinajstić information content (AvgIpc) is 3.26. The molecule has 0 aliphatic heterocycles. The maximum atomic E-state index is 12.1. The molecule has 25 heavy (non-hydrogen) atoms. The van der Waals surface area contributed by atoms with Crippen LogP contribution in [-0.2, 0) is 19.4 Å². The summed E-state index contributed by atoms with van der Waals surface area (Å²) in [4.78, 5) is 20.3. The Morgan fingerprint density at radius 1 is 1.24 bits per heavy atom. The minimum Gasteiger partial charge on any atom is -0.361 e. The second-order valence-corrected chi connectivity index (χ2v) is 5.27. The minimum atomic E-state index is -0.334. The van der Waals surface area contributed by atoms with Crippen molar-refractivity contribution in [3.8, 4) is 5.95 Å². The molecule has 0 atom stereocenters. The third-order valence-electron chi connectivity index (χ3n) is 3.63. The molecule has 0 aliphatic carbocycles. The van der Waals surface area contributed by atoms with E-state index in [2.05, 4.69) is 30.9 Å². The number of nitrogens with one attached hydrogen (secondary N) is 2. The summed E-state index contributed by atoms with van der Waals surface area (Å²) >= 11 is 0. The highest BCUT2D eigenvalue weighted by Gasteiger charge is 2.14. The zero-order valence-corrected chi connectivity index (χ0v) is 14.1. The third-order valence-corrected chi connectivity index (χ3v) is 3.63. The van der Waals surface area contributed by atoms with Gasteiger partial charge in [0.25, 0.3) is 0 Å². The molecule has 0 spiro atoms. The Morgan fingerprint density at radius 3 is 2.76 bits per heavy atom. The number of urea groups is 1. The first-order valence-electron chi connectivity index (χ1n) is 8.04. The molecule has 2 N–H and O–H groups in total. The van der Waals surface area contributed by atoms with Gasteiger partial charge in [0.05, 0.1) is 23.8 Å². The van der Waals surface area contributed by atoms with Crippen molar-refractivity contribution in [2.75, 3.05) is 5.32 Å². The summed E-state index contributed by atoms with van der Waals surface area (Å²) in [7, 11) is 0. The zero-order valence-electron chi connectivity index (χ0n) is 14.1. The zero-order chi connectivity index (χ0) is 17.6. The molecule has 3 heterocycles. The molecule has 2 amide bonds. The number of anilines is 1. The van der Waals surface area contributed by atoms with Crippen molar-refractivity contribution in [2.24, 2.45) is 0 Å². The van der Waals surface area contributed by atoms with Gasteiger partial charge in [-0.2, -0.15) is 5.10 Å². The molecule has 0 aliphatic rings. The van der Waals surface area contributed by atoms with Gasteiger partial charge in [-0.1, -0.05) is 19.0 Å². The highest BCUT2D eigenvalue weighted by Crippen LogP contribution is 2.15. The lowest BCUT2D eigenvalue weighted by Crippen LogP contribution is -2.28. The number of nitrogens with zero attached hydrogens (tertiary/aromatic N) is 5. The Kier molecular flexibility index (Phi) is 5.03. The molecule has 0 radical (unpaired) electrons. The molecule has 9 nitrogen and oxygen atoms in total. The molecule has 3 aromatic rings. The second-order valence-electron chi connectivity index (χ2n) is 5.27. The van der Waals surface area contributed by atoms with Gasteiger partial charge in [-0.15, -0.1) is 0 Å². The average molecular weight is 341 g/mol. The van der Waals surface area contributed by atoms with Gasteiger partial charge in [-0.3, -0.25) is 0 Å². The van der Waals surface area contributed by atoms with E-state index in [1.807, 2.05) is 13.8 Å². The summed E-state index contributed by atoms with van der Waals surface area (Å²) in [5, 5.41) is 13.7. The van der Waals surface area contributed by atoms with Crippen molar-refractivity contribution in [3.05, 3.63) is 47.9 Å². The lowest BCUT2D eigenvalue weighted by atomic mass is 10.1. The first-order chi connectivity index (χ1) is 12.2. The molecule has 0 saturated carbocycles. The van der Waals surface area contributed by atoms with Crippen LogP contribution in [-0.4, -0.2) is 30.9 Å². The van der Waals surface area contributed by atoms with E-state index in [1.165, 1.54) is 10.9 Å². The van der Waals surface area contributed by atoms with Crippen LogP contribution in [0.1, 0.15) is 30.9 Å². The molecule has 0 saturated heterocycles. The van der Waals surface area contributed by atoms with Gasteiger partial charge in [0.2, 0.25) is 5.95 Å². The van der Waals surface area contributed by atoms with Crippen LogP contribution in [0.3, 0.4) is 0 Å². The molecule has 130 valence electrons. The number of hydrogen-bond acceptors (Lipinski definition) is 6. The topological polar surface area (TPSA) is 111 Å². The van der Waals surface area contributed by atoms with Crippen molar-refractivity contribution in [1.82, 2.24) is 30.2 Å². The smallest absolute Gasteiger partial charge is 0.319 e. The van der Waals surface area contributed by atoms with Gasteiger partial charge in [0.15, 0.2) is 0 Å². The van der Waals surface area contributed by atoms with Crippen molar-refractivity contribution in [2.45, 2.75) is 33.2 Å². The first-order valence-corrected chi connectivity index (χ1v) is 8.04. The molecule has 0 bridgehead atoms. The van der Waals surface area contributed by atoms with Crippen molar-refractivity contribution in [3.63, 3.8) is 0 Å². The maximum absolute atomic E-state index is 12.1. The van der Waals surface area contributed by atoms with Crippen molar-refractivity contribution >= 4 is 11.7 Å². The number of aromatic nitrogens is 5. The summed E-state index contributed by atoms with van der Waals surface area (Å²) in [6.07, 6.45) is 7.91. The fourth-order valence-corrected chi connectivity index (χ4v) is 2.39. The highest BCUT2D eigenvalue weighted by molar-refractivity contribution is 5.88. The number of carbonyl (C=O) groups is 1. The van der Waals surface area contributed by atoms with Crippen LogP contribution in [0.2, 0.25) is 0 Å². The highest BCUT2D eigenvalue weighted by atomic mass is 16.5. The molecule has 0 aromatic carbocycles. The number of amides is 2. The lowest BCUT2D eigenvalue weighted by Gasteiger charge is -2.06. The van der Waals surface area contributed by atoms with Gasteiger partial charge in [0.1, 0.15) is 5.76 Å². The van der Waals surface area contributed by atoms with Crippen LogP contribution in [0.15, 0.2) is 35.4 Å². The Labute approximate surface area is 144 Å². The summed E-state index contributed by atoms with van der Waals surface area (Å²) < 4.78 is 6.78. The quantitative estimate of drug-likeness (QED) is 0.710. The van der Waals surface area contributed by atoms with E-state index in [1.54, 1.807) is 24.7 Å². The van der Waals surface area contributed by atoms with E-state index in [0.717, 1.165) is 29.9 Å². The normalized spacial score (nSPS) is 10.6. The van der Waals surface area contributed by atoms with Crippen LogP contribution >= 0.6 is 0 Å². The molecule has 3 rings (SSSR count). The van der Waals surface area contributed by atoms with E-state index < -0.39 is 0 Å². The summed E-state index contributed by atoms with van der Waals surface area (Å²) in [5.74, 6) is 1.23. The van der Waals surface area contributed by atoms with Crippen LogP contribution < -0.4 is 10.6 Å². The molecule has 3 aromatic heterocycles. The van der Waals surface area contributed by atoms with Crippen molar-refractivity contribution < 1.29 is 9.32 Å². The molecule has 0 unspecified atom stereocenters. The number of rotatable bonds is 6. The van der Waals surface area contributed by atoms with Gasteiger partial charge in [-0.05, 0) is 12.5 Å². The van der Waals surface area contributed by atoms with E-state index in [0.29, 0.717) is 18.2 Å². The molecular weight excluding hydrogens is 322 g/mol. The number of aryl methyl sites for hydroxylation is 2. The Bertz CT molecular complexity index is 820. The van der Waals surface area contributed by atoms with E-state index >= 15 is 0 Å². The maximum Gasteiger partial charge on any atom is 0.319 e. The van der Waals surface area contributed by atoms with E-state index in [-0.39, 0.29) is 6.03 Å². The fourth-order valence-electron chi connectivity index (χ4n) is 2.39. The largest absolute Gasteiger partial charge is 0.361 e. The third kappa shape index (κ3) is 3.82. The van der Waals surface area contributed by atoms with Gasteiger partial charge in [-0.25, -0.2) is 19.4 Å². The van der Waals surface area contributed by atoms with Crippen LogP contribution in [0.4, 0.5) is 10.5 Å². The lowest BCUT2D eigenvalue weighted by molar-refractivity contribution is 0.251. The Balaban J connectivity index is 1.60. The van der Waals surface area contributed by atoms with Gasteiger partial charge < -0.3 is 15.2 Å². The van der Waals surface area contributed by atoms with Crippen LogP contribution in [0.25, 0.3) is 5.95 Å². The monoisotopic (exact) mass is 341 g/mol. The van der Waals surface area contributed by atoms with E-state index in [9.17, 15) is 4.79 Å². The van der Waals surface area contributed by atoms with Crippen LogP contribution in [0.5, 0.6) is 0 Å². The molecular formula is C16H19N7O2. The SMILES string of the molecule is CCc1noc(CC)c1CNC(=O)Nc1cnn(-c2ncccn2)c1. The summed E-state index contributed by atoms with van der Waals surface area (Å²) in [6.45, 7) is 4.35. The fraction of sp³-hybridized carbons (Fsp3) is 0.312. The second kappa shape index (κ2) is 7.56. The first kappa shape index (κ1) is 16.6. The standard InChI is InChI=1S/C16H19N7O2/c1-3-13-12(14(4-2)25-22-13)9-19-16(24)21-11-8-20-23(10-11)15-17-6-5-7-18-15/h5-8,10H,3-4,9H2,1-2H3,(H2,19,21,24). The summed E-state index contributed by atoms with van der Waals surface area (Å²) in [5.41, 5.74) is 2.35.